The Kier molecular flexibility index (Phi) is 5.27. The standard InChI is InChI=1S/C19H21Cl2NO/c1-22-9-8-13-10-16(12-6-7-17(20)18(21)11-12)14-4-2-3-5-15(14)19(13)23/h2-7,11,13,16,19,22-23H,8-10H2,1H3/t13?,16-,19?/m0/s1. The van der Waals surface area contributed by atoms with Gasteiger partial charge in [-0.3, -0.25) is 0 Å². The smallest absolute Gasteiger partial charge is 0.0821 e. The minimum atomic E-state index is -0.404. The van der Waals surface area contributed by atoms with Crippen molar-refractivity contribution in [3.05, 3.63) is 69.2 Å². The highest BCUT2D eigenvalue weighted by molar-refractivity contribution is 6.42. The first-order valence-electron chi connectivity index (χ1n) is 7.98. The zero-order chi connectivity index (χ0) is 16.4. The van der Waals surface area contributed by atoms with Crippen LogP contribution in [0.15, 0.2) is 42.5 Å². The highest BCUT2D eigenvalue weighted by atomic mass is 35.5. The fourth-order valence-corrected chi connectivity index (χ4v) is 3.87. The van der Waals surface area contributed by atoms with Crippen molar-refractivity contribution in [1.29, 1.82) is 0 Å². The summed E-state index contributed by atoms with van der Waals surface area (Å²) < 4.78 is 0. The Morgan fingerprint density at radius 2 is 1.83 bits per heavy atom. The largest absolute Gasteiger partial charge is 0.388 e. The number of halogens is 2. The van der Waals surface area contributed by atoms with Gasteiger partial charge in [0.2, 0.25) is 0 Å². The van der Waals surface area contributed by atoms with Gasteiger partial charge < -0.3 is 10.4 Å². The summed E-state index contributed by atoms with van der Waals surface area (Å²) in [4.78, 5) is 0. The van der Waals surface area contributed by atoms with Crippen LogP contribution < -0.4 is 5.32 Å². The summed E-state index contributed by atoms with van der Waals surface area (Å²) in [6.45, 7) is 0.901. The SMILES string of the molecule is CNCCC1C[C@@H](c2ccc(Cl)c(Cl)c2)c2ccccc2C1O. The van der Waals surface area contributed by atoms with Crippen LogP contribution in [0.25, 0.3) is 0 Å². The minimum Gasteiger partial charge on any atom is -0.388 e. The number of aliphatic hydroxyl groups excluding tert-OH is 1. The summed E-state index contributed by atoms with van der Waals surface area (Å²) in [5.74, 6) is 0.475. The lowest BCUT2D eigenvalue weighted by atomic mass is 9.71. The fraction of sp³-hybridized carbons (Fsp3) is 0.368. The summed E-state index contributed by atoms with van der Waals surface area (Å²) >= 11 is 12.3. The molecule has 2 aromatic rings. The maximum absolute atomic E-state index is 10.7. The van der Waals surface area contributed by atoms with Gasteiger partial charge in [0, 0.05) is 5.92 Å². The van der Waals surface area contributed by atoms with Gasteiger partial charge in [0.05, 0.1) is 16.1 Å². The molecule has 3 atom stereocenters. The highest BCUT2D eigenvalue weighted by Gasteiger charge is 2.34. The van der Waals surface area contributed by atoms with Crippen LogP contribution in [0.5, 0.6) is 0 Å². The molecule has 0 saturated heterocycles. The van der Waals surface area contributed by atoms with Crippen molar-refractivity contribution >= 4 is 23.2 Å². The second-order valence-electron chi connectivity index (χ2n) is 6.19. The van der Waals surface area contributed by atoms with Crippen molar-refractivity contribution in [2.75, 3.05) is 13.6 Å². The Hall–Kier alpha value is -1.06. The molecule has 2 unspecified atom stereocenters. The van der Waals surface area contributed by atoms with E-state index >= 15 is 0 Å². The Bertz CT molecular complexity index is 689. The number of hydrogen-bond donors (Lipinski definition) is 2. The summed E-state index contributed by atoms with van der Waals surface area (Å²) in [5.41, 5.74) is 3.39. The molecule has 0 aliphatic heterocycles. The number of benzene rings is 2. The van der Waals surface area contributed by atoms with Crippen LogP contribution in [0.1, 0.15) is 41.6 Å². The zero-order valence-electron chi connectivity index (χ0n) is 13.1. The van der Waals surface area contributed by atoms with Gasteiger partial charge in [-0.2, -0.15) is 0 Å². The van der Waals surface area contributed by atoms with E-state index in [9.17, 15) is 5.11 Å². The first kappa shape index (κ1) is 16.8. The average molecular weight is 350 g/mol. The number of rotatable bonds is 4. The van der Waals surface area contributed by atoms with Gasteiger partial charge in [0.25, 0.3) is 0 Å². The lowest BCUT2D eigenvalue weighted by Gasteiger charge is -2.36. The maximum Gasteiger partial charge on any atom is 0.0821 e. The van der Waals surface area contributed by atoms with Crippen LogP contribution in [0, 0.1) is 5.92 Å². The summed E-state index contributed by atoms with van der Waals surface area (Å²) in [6.07, 6.45) is 1.46. The lowest BCUT2D eigenvalue weighted by molar-refractivity contribution is 0.0846. The van der Waals surface area contributed by atoms with Crippen molar-refractivity contribution in [2.45, 2.75) is 24.9 Å². The van der Waals surface area contributed by atoms with Crippen LogP contribution in [-0.2, 0) is 0 Å². The number of nitrogens with one attached hydrogen (secondary N) is 1. The van der Waals surface area contributed by atoms with E-state index in [4.69, 9.17) is 23.2 Å². The van der Waals surface area contributed by atoms with E-state index in [2.05, 4.69) is 11.4 Å². The summed E-state index contributed by atoms with van der Waals surface area (Å²) in [6, 6.07) is 14.0. The van der Waals surface area contributed by atoms with E-state index in [1.807, 2.05) is 43.4 Å². The van der Waals surface area contributed by atoms with E-state index < -0.39 is 6.10 Å². The van der Waals surface area contributed by atoms with E-state index in [1.165, 1.54) is 5.56 Å². The number of fused-ring (bicyclic) bond motifs is 1. The quantitative estimate of drug-likeness (QED) is 0.831. The monoisotopic (exact) mass is 349 g/mol. The molecule has 2 nitrogen and oxygen atoms in total. The second-order valence-corrected chi connectivity index (χ2v) is 7.00. The molecule has 0 heterocycles. The molecule has 122 valence electrons. The predicted octanol–water partition coefficient (Wildman–Crippen LogP) is 4.79. The van der Waals surface area contributed by atoms with Crippen molar-refractivity contribution in [3.63, 3.8) is 0 Å². The van der Waals surface area contributed by atoms with Crippen molar-refractivity contribution in [3.8, 4) is 0 Å². The van der Waals surface area contributed by atoms with E-state index in [0.29, 0.717) is 10.0 Å². The molecule has 3 rings (SSSR count). The van der Waals surface area contributed by atoms with E-state index in [1.54, 1.807) is 0 Å². The molecule has 0 saturated carbocycles. The average Bonchev–Trinajstić information content (AvgIpc) is 2.57. The van der Waals surface area contributed by atoms with E-state index in [-0.39, 0.29) is 11.8 Å². The first-order valence-corrected chi connectivity index (χ1v) is 8.74. The second kappa shape index (κ2) is 7.23. The lowest BCUT2D eigenvalue weighted by Crippen LogP contribution is -2.27. The Balaban J connectivity index is 2.00. The molecule has 2 aromatic carbocycles. The van der Waals surface area contributed by atoms with Gasteiger partial charge in [-0.25, -0.2) is 0 Å². The first-order chi connectivity index (χ1) is 11.1. The molecule has 1 aliphatic rings. The molecule has 0 radical (unpaired) electrons. The zero-order valence-corrected chi connectivity index (χ0v) is 14.6. The molecule has 0 amide bonds. The minimum absolute atomic E-state index is 0.233. The molecule has 0 bridgehead atoms. The Morgan fingerprint density at radius 1 is 1.09 bits per heavy atom. The molecular formula is C19H21Cl2NO. The van der Waals surface area contributed by atoms with Gasteiger partial charge in [0.1, 0.15) is 0 Å². The van der Waals surface area contributed by atoms with E-state index in [0.717, 1.165) is 30.5 Å². The van der Waals surface area contributed by atoms with Crippen LogP contribution in [0.2, 0.25) is 10.0 Å². The van der Waals surface area contributed by atoms with Crippen LogP contribution in [-0.4, -0.2) is 18.7 Å². The predicted molar refractivity (Wildman–Crippen MR) is 96.4 cm³/mol. The van der Waals surface area contributed by atoms with Gasteiger partial charge in [0.15, 0.2) is 0 Å². The number of aliphatic hydroxyl groups is 1. The van der Waals surface area contributed by atoms with Crippen molar-refractivity contribution < 1.29 is 5.11 Å². The molecule has 0 fully saturated rings. The van der Waals surface area contributed by atoms with Crippen LogP contribution >= 0.6 is 23.2 Å². The van der Waals surface area contributed by atoms with Gasteiger partial charge in [-0.1, -0.05) is 53.5 Å². The molecule has 4 heteroatoms. The molecule has 2 N–H and O–H groups in total. The maximum atomic E-state index is 10.7. The Labute approximate surface area is 147 Å². The Morgan fingerprint density at radius 3 is 2.52 bits per heavy atom. The normalized spacial score (nSPS) is 23.6. The summed E-state index contributed by atoms with van der Waals surface area (Å²) in [7, 11) is 1.94. The molecule has 0 spiro atoms. The van der Waals surface area contributed by atoms with Crippen molar-refractivity contribution in [2.24, 2.45) is 5.92 Å². The third-order valence-corrected chi connectivity index (χ3v) is 5.53. The van der Waals surface area contributed by atoms with Gasteiger partial charge in [-0.05, 0) is 61.2 Å². The van der Waals surface area contributed by atoms with Gasteiger partial charge >= 0.3 is 0 Å². The molecule has 1 aliphatic carbocycles. The number of hydrogen-bond acceptors (Lipinski definition) is 2. The van der Waals surface area contributed by atoms with Gasteiger partial charge in [-0.15, -0.1) is 0 Å². The molecular weight excluding hydrogens is 329 g/mol. The highest BCUT2D eigenvalue weighted by Crippen LogP contribution is 2.46. The molecule has 23 heavy (non-hydrogen) atoms. The van der Waals surface area contributed by atoms with Crippen LogP contribution in [0.4, 0.5) is 0 Å². The third kappa shape index (κ3) is 3.41. The molecule has 0 aromatic heterocycles. The summed E-state index contributed by atoms with van der Waals surface area (Å²) in [5, 5.41) is 15.1. The van der Waals surface area contributed by atoms with Crippen LogP contribution in [0.3, 0.4) is 0 Å². The fourth-order valence-electron chi connectivity index (χ4n) is 3.56. The van der Waals surface area contributed by atoms with Crippen molar-refractivity contribution in [1.82, 2.24) is 5.32 Å². The third-order valence-electron chi connectivity index (χ3n) is 4.79. The topological polar surface area (TPSA) is 32.3 Å².